The number of carbonyl (C=O) groups is 1. The number of piperidine rings is 1. The molecule has 1 aliphatic rings. The molecule has 1 fully saturated rings. The summed E-state index contributed by atoms with van der Waals surface area (Å²) in [4.78, 5) is 12.9. The molecule has 2 aromatic heterocycles. The molecule has 130 valence electrons. The number of sulfonamides is 1. The van der Waals surface area contributed by atoms with Crippen molar-refractivity contribution in [3.05, 3.63) is 41.2 Å². The fourth-order valence-electron chi connectivity index (χ4n) is 2.82. The summed E-state index contributed by atoms with van der Waals surface area (Å²) in [6.07, 6.45) is 3.14. The summed E-state index contributed by atoms with van der Waals surface area (Å²) in [5.41, 5.74) is 0. The molecule has 2 aromatic rings. The third-order valence-electron chi connectivity index (χ3n) is 4.09. The molecule has 0 spiro atoms. The molecule has 0 bridgehead atoms. The molecule has 1 amide bonds. The van der Waals surface area contributed by atoms with Gasteiger partial charge in [-0.2, -0.15) is 4.31 Å². The number of nitrogens with one attached hydrogen (secondary N) is 1. The van der Waals surface area contributed by atoms with Crippen LogP contribution >= 0.6 is 11.3 Å². The molecular weight excluding hydrogens is 348 g/mol. The second kappa shape index (κ2) is 7.08. The van der Waals surface area contributed by atoms with Gasteiger partial charge in [0.1, 0.15) is 4.21 Å². The minimum atomic E-state index is -3.44. The first-order chi connectivity index (χ1) is 11.5. The van der Waals surface area contributed by atoms with Crippen LogP contribution in [-0.4, -0.2) is 38.3 Å². The van der Waals surface area contributed by atoms with Gasteiger partial charge >= 0.3 is 0 Å². The average Bonchev–Trinajstić information content (AvgIpc) is 3.24. The Morgan fingerprint density at radius 2 is 2.25 bits per heavy atom. The standard InChI is InChI=1S/C16H20N2O4S2/c1-12-6-7-15(23-12)24(20,21)18-8-2-4-13(11-18)10-17-16(19)14-5-3-9-22-14/h3,5-7,9,13H,2,4,8,10-11H2,1H3,(H,17,19)/t13-/m0/s1. The van der Waals surface area contributed by atoms with Crippen LogP contribution in [0.2, 0.25) is 0 Å². The van der Waals surface area contributed by atoms with Crippen molar-refractivity contribution >= 4 is 27.3 Å². The number of amides is 1. The molecule has 6 nitrogen and oxygen atoms in total. The summed E-state index contributed by atoms with van der Waals surface area (Å²) in [5.74, 6) is 0.103. The first kappa shape index (κ1) is 17.2. The van der Waals surface area contributed by atoms with Crippen molar-refractivity contribution in [1.82, 2.24) is 9.62 Å². The number of carbonyl (C=O) groups excluding carboxylic acids is 1. The molecule has 0 aromatic carbocycles. The van der Waals surface area contributed by atoms with Crippen LogP contribution in [0.15, 0.2) is 39.2 Å². The Labute approximate surface area is 145 Å². The minimum absolute atomic E-state index is 0.105. The van der Waals surface area contributed by atoms with Gasteiger partial charge in [0.2, 0.25) is 0 Å². The van der Waals surface area contributed by atoms with Crippen molar-refractivity contribution in [1.29, 1.82) is 0 Å². The lowest BCUT2D eigenvalue weighted by Crippen LogP contribution is -2.43. The first-order valence-corrected chi connectivity index (χ1v) is 10.1. The largest absolute Gasteiger partial charge is 0.459 e. The number of rotatable bonds is 5. The van der Waals surface area contributed by atoms with E-state index in [1.165, 1.54) is 21.9 Å². The van der Waals surface area contributed by atoms with Gasteiger partial charge in [-0.05, 0) is 49.9 Å². The van der Waals surface area contributed by atoms with Crippen molar-refractivity contribution in [2.75, 3.05) is 19.6 Å². The second-order valence-electron chi connectivity index (χ2n) is 5.92. The maximum Gasteiger partial charge on any atom is 0.286 e. The number of hydrogen-bond donors (Lipinski definition) is 1. The molecule has 0 aliphatic carbocycles. The Kier molecular flexibility index (Phi) is 5.07. The first-order valence-electron chi connectivity index (χ1n) is 7.85. The van der Waals surface area contributed by atoms with Gasteiger partial charge in [-0.15, -0.1) is 11.3 Å². The van der Waals surface area contributed by atoms with Crippen LogP contribution in [0.3, 0.4) is 0 Å². The van der Waals surface area contributed by atoms with Gasteiger partial charge in [-0.25, -0.2) is 8.42 Å². The van der Waals surface area contributed by atoms with Crippen LogP contribution in [0.4, 0.5) is 0 Å². The Balaban J connectivity index is 1.61. The zero-order valence-corrected chi connectivity index (χ0v) is 15.0. The van der Waals surface area contributed by atoms with E-state index in [0.717, 1.165) is 17.7 Å². The molecule has 0 saturated carbocycles. The fourth-order valence-corrected chi connectivity index (χ4v) is 5.81. The van der Waals surface area contributed by atoms with Gasteiger partial charge in [0.15, 0.2) is 5.76 Å². The normalized spacial score (nSPS) is 19.3. The summed E-state index contributed by atoms with van der Waals surface area (Å²) in [6, 6.07) is 6.75. The monoisotopic (exact) mass is 368 g/mol. The van der Waals surface area contributed by atoms with Gasteiger partial charge in [0, 0.05) is 24.5 Å². The molecular formula is C16H20N2O4S2. The highest BCUT2D eigenvalue weighted by atomic mass is 32.2. The second-order valence-corrected chi connectivity index (χ2v) is 9.38. The average molecular weight is 368 g/mol. The molecule has 0 radical (unpaired) electrons. The molecule has 3 rings (SSSR count). The zero-order valence-electron chi connectivity index (χ0n) is 13.4. The summed E-state index contributed by atoms with van der Waals surface area (Å²) in [6.45, 7) is 3.29. The van der Waals surface area contributed by atoms with Crippen LogP contribution in [0.1, 0.15) is 28.3 Å². The summed E-state index contributed by atoms with van der Waals surface area (Å²) in [5, 5.41) is 2.82. The van der Waals surface area contributed by atoms with Crippen LogP contribution in [-0.2, 0) is 10.0 Å². The van der Waals surface area contributed by atoms with Crippen LogP contribution in [0.5, 0.6) is 0 Å². The van der Waals surface area contributed by atoms with Gasteiger partial charge in [0.05, 0.1) is 6.26 Å². The molecule has 3 heterocycles. The SMILES string of the molecule is Cc1ccc(S(=O)(=O)N2CCC[C@@H](CNC(=O)c3ccco3)C2)s1. The van der Waals surface area contributed by atoms with Crippen molar-refractivity contribution in [3.8, 4) is 0 Å². The van der Waals surface area contributed by atoms with E-state index in [2.05, 4.69) is 5.32 Å². The number of nitrogens with zero attached hydrogens (tertiary/aromatic N) is 1. The Hall–Kier alpha value is -1.64. The molecule has 1 atom stereocenters. The van der Waals surface area contributed by atoms with Crippen molar-refractivity contribution in [2.45, 2.75) is 24.0 Å². The highest BCUT2D eigenvalue weighted by Gasteiger charge is 2.31. The van der Waals surface area contributed by atoms with Crippen molar-refractivity contribution < 1.29 is 17.6 Å². The Morgan fingerprint density at radius 3 is 2.92 bits per heavy atom. The minimum Gasteiger partial charge on any atom is -0.459 e. The topological polar surface area (TPSA) is 79.6 Å². The van der Waals surface area contributed by atoms with Crippen molar-refractivity contribution in [3.63, 3.8) is 0 Å². The Morgan fingerprint density at radius 1 is 1.42 bits per heavy atom. The molecule has 1 saturated heterocycles. The van der Waals surface area contributed by atoms with E-state index in [-0.39, 0.29) is 17.6 Å². The number of aryl methyl sites for hydroxylation is 1. The van der Waals surface area contributed by atoms with Gasteiger partial charge in [-0.3, -0.25) is 4.79 Å². The lowest BCUT2D eigenvalue weighted by atomic mass is 10.00. The van der Waals surface area contributed by atoms with Gasteiger partial charge in [0.25, 0.3) is 15.9 Å². The maximum absolute atomic E-state index is 12.7. The number of furan rings is 1. The predicted octanol–water partition coefficient (Wildman–Crippen LogP) is 2.48. The lowest BCUT2D eigenvalue weighted by Gasteiger charge is -2.31. The Bertz CT molecular complexity index is 796. The van der Waals surface area contributed by atoms with E-state index in [9.17, 15) is 13.2 Å². The molecule has 8 heteroatoms. The fraction of sp³-hybridized carbons (Fsp3) is 0.438. The van der Waals surface area contributed by atoms with Gasteiger partial charge in [-0.1, -0.05) is 0 Å². The van der Waals surface area contributed by atoms with E-state index in [1.54, 1.807) is 18.2 Å². The third-order valence-corrected chi connectivity index (χ3v) is 7.42. The molecule has 0 unspecified atom stereocenters. The predicted molar refractivity (Wildman–Crippen MR) is 91.6 cm³/mol. The van der Waals surface area contributed by atoms with E-state index in [4.69, 9.17) is 4.42 Å². The van der Waals surface area contributed by atoms with E-state index < -0.39 is 10.0 Å². The van der Waals surface area contributed by atoms with Crippen molar-refractivity contribution in [2.24, 2.45) is 5.92 Å². The smallest absolute Gasteiger partial charge is 0.286 e. The van der Waals surface area contributed by atoms with E-state index in [0.29, 0.717) is 23.8 Å². The highest BCUT2D eigenvalue weighted by molar-refractivity contribution is 7.91. The molecule has 1 N–H and O–H groups in total. The van der Waals surface area contributed by atoms with E-state index in [1.807, 2.05) is 13.0 Å². The number of hydrogen-bond acceptors (Lipinski definition) is 5. The molecule has 1 aliphatic heterocycles. The van der Waals surface area contributed by atoms with Crippen LogP contribution in [0.25, 0.3) is 0 Å². The zero-order chi connectivity index (χ0) is 17.2. The van der Waals surface area contributed by atoms with Gasteiger partial charge < -0.3 is 9.73 Å². The highest BCUT2D eigenvalue weighted by Crippen LogP contribution is 2.28. The summed E-state index contributed by atoms with van der Waals surface area (Å²) < 4.78 is 32.4. The third kappa shape index (κ3) is 3.71. The van der Waals surface area contributed by atoms with E-state index >= 15 is 0 Å². The lowest BCUT2D eigenvalue weighted by molar-refractivity contribution is 0.0914. The molecule has 24 heavy (non-hydrogen) atoms. The summed E-state index contributed by atoms with van der Waals surface area (Å²) >= 11 is 1.29. The van der Waals surface area contributed by atoms with Crippen LogP contribution in [0, 0.1) is 12.8 Å². The number of thiophene rings is 1. The quantitative estimate of drug-likeness (QED) is 0.879. The maximum atomic E-state index is 12.7. The van der Waals surface area contributed by atoms with Crippen LogP contribution < -0.4 is 5.32 Å². The summed E-state index contributed by atoms with van der Waals surface area (Å²) in [7, 11) is -3.44.